The molecule has 0 N–H and O–H groups in total. The molecule has 2 aliphatic heterocycles. The molecule has 0 unspecified atom stereocenters. The molecule has 0 atom stereocenters. The van der Waals surface area contributed by atoms with Crippen LogP contribution in [0.1, 0.15) is 5.56 Å². The third-order valence-corrected chi connectivity index (χ3v) is 3.69. The summed E-state index contributed by atoms with van der Waals surface area (Å²) in [6, 6.07) is 20.2. The first-order valence-corrected chi connectivity index (χ1v) is 7.68. The van der Waals surface area contributed by atoms with Crippen molar-refractivity contribution in [3.8, 4) is 0 Å². The maximum absolute atomic E-state index is 4.88. The first-order valence-electron chi connectivity index (χ1n) is 7.68. The fourth-order valence-corrected chi connectivity index (χ4v) is 2.30. The fourth-order valence-electron chi connectivity index (χ4n) is 2.30. The molecule has 110 valence electrons. The van der Waals surface area contributed by atoms with Gasteiger partial charge < -0.3 is 9.80 Å². The number of para-hydroxylation sites is 1. The van der Waals surface area contributed by atoms with E-state index >= 15 is 0 Å². The highest BCUT2D eigenvalue weighted by Crippen LogP contribution is 2.19. The Labute approximate surface area is 130 Å². The van der Waals surface area contributed by atoms with Gasteiger partial charge in [-0.25, -0.2) is 4.99 Å². The Morgan fingerprint density at radius 3 is 1.82 bits per heavy atom. The molecule has 4 rings (SSSR count). The van der Waals surface area contributed by atoms with E-state index in [-0.39, 0.29) is 0 Å². The van der Waals surface area contributed by atoms with Crippen LogP contribution in [0.15, 0.2) is 70.6 Å². The summed E-state index contributed by atoms with van der Waals surface area (Å²) in [4.78, 5) is 14.2. The van der Waals surface area contributed by atoms with Gasteiger partial charge in [0.15, 0.2) is 5.84 Å². The van der Waals surface area contributed by atoms with Crippen LogP contribution in [0.5, 0.6) is 0 Å². The number of hydrogen-bond donors (Lipinski definition) is 0. The molecule has 2 heterocycles. The van der Waals surface area contributed by atoms with Crippen molar-refractivity contribution in [2.75, 3.05) is 26.2 Å². The number of hydrogen-bond acceptors (Lipinski definition) is 1. The van der Waals surface area contributed by atoms with E-state index in [2.05, 4.69) is 21.9 Å². The number of benzene rings is 2. The van der Waals surface area contributed by atoms with E-state index in [1.54, 1.807) is 0 Å². The van der Waals surface area contributed by atoms with Crippen molar-refractivity contribution in [2.24, 2.45) is 9.98 Å². The minimum atomic E-state index is 0.778. The normalized spacial score (nSPS) is 16.5. The molecular formula is C18H18N4. The van der Waals surface area contributed by atoms with Gasteiger partial charge in [-0.1, -0.05) is 48.5 Å². The molecule has 0 saturated carbocycles. The van der Waals surface area contributed by atoms with Gasteiger partial charge in [0, 0.05) is 31.7 Å². The average Bonchev–Trinajstić information content (AvgIpc) is 3.47. The van der Waals surface area contributed by atoms with E-state index in [4.69, 9.17) is 9.98 Å². The molecule has 4 nitrogen and oxygen atoms in total. The predicted molar refractivity (Wildman–Crippen MR) is 89.7 cm³/mol. The quantitative estimate of drug-likeness (QED) is 0.484. The smallest absolute Gasteiger partial charge is 0.203 e. The summed E-state index contributed by atoms with van der Waals surface area (Å²) in [6.45, 7) is 4.40. The van der Waals surface area contributed by atoms with Crippen molar-refractivity contribution < 1.29 is 0 Å². The largest absolute Gasteiger partial charge is 0.339 e. The monoisotopic (exact) mass is 290 g/mol. The van der Waals surface area contributed by atoms with Crippen molar-refractivity contribution >= 4 is 17.5 Å². The van der Waals surface area contributed by atoms with Gasteiger partial charge in [0.2, 0.25) is 5.96 Å². The van der Waals surface area contributed by atoms with Crippen LogP contribution in [0.25, 0.3) is 0 Å². The lowest BCUT2D eigenvalue weighted by molar-refractivity contribution is 0.685. The van der Waals surface area contributed by atoms with Crippen molar-refractivity contribution in [1.82, 2.24) is 9.80 Å². The van der Waals surface area contributed by atoms with E-state index in [1.165, 1.54) is 0 Å². The molecule has 2 saturated heterocycles. The van der Waals surface area contributed by atoms with Gasteiger partial charge in [-0.15, -0.1) is 0 Å². The lowest BCUT2D eigenvalue weighted by Crippen LogP contribution is -2.22. The zero-order valence-electron chi connectivity index (χ0n) is 12.4. The number of aliphatic imine (C=N–C) groups is 2. The van der Waals surface area contributed by atoms with Crippen LogP contribution < -0.4 is 0 Å². The molecule has 0 bridgehead atoms. The van der Waals surface area contributed by atoms with Gasteiger partial charge in [-0.3, -0.25) is 0 Å². The second-order valence-electron chi connectivity index (χ2n) is 5.52. The van der Waals surface area contributed by atoms with E-state index in [0.717, 1.165) is 49.2 Å². The van der Waals surface area contributed by atoms with Crippen LogP contribution >= 0.6 is 0 Å². The van der Waals surface area contributed by atoms with E-state index in [0.29, 0.717) is 0 Å². The number of nitrogens with zero attached hydrogens (tertiary/aromatic N) is 4. The van der Waals surface area contributed by atoms with Gasteiger partial charge in [0.05, 0.1) is 5.69 Å². The Bertz CT molecular complexity index is 684. The van der Waals surface area contributed by atoms with Gasteiger partial charge in [0.25, 0.3) is 0 Å². The highest BCUT2D eigenvalue weighted by molar-refractivity contribution is 6.07. The van der Waals surface area contributed by atoms with Crippen molar-refractivity contribution in [1.29, 1.82) is 0 Å². The summed E-state index contributed by atoms with van der Waals surface area (Å²) >= 11 is 0. The summed E-state index contributed by atoms with van der Waals surface area (Å²) < 4.78 is 0. The molecule has 0 spiro atoms. The van der Waals surface area contributed by atoms with Crippen LogP contribution in [0.3, 0.4) is 0 Å². The molecule has 0 amide bonds. The lowest BCUT2D eigenvalue weighted by Gasteiger charge is -2.10. The SMILES string of the molecule is c1ccc(N=C(N=C(N2CC2)N2CC2)c2ccccc2)cc1. The molecule has 2 fully saturated rings. The Morgan fingerprint density at radius 2 is 1.27 bits per heavy atom. The fraction of sp³-hybridized carbons (Fsp3) is 0.222. The standard InChI is InChI=1S/C18H18N4/c1-3-7-15(8-4-1)17(19-16-9-5-2-6-10-16)20-18(21-11-12-21)22-13-14-22/h1-10H,11-14H2. The lowest BCUT2D eigenvalue weighted by atomic mass is 10.2. The zero-order chi connectivity index (χ0) is 14.8. The minimum absolute atomic E-state index is 0.778. The van der Waals surface area contributed by atoms with Gasteiger partial charge in [-0.05, 0) is 12.1 Å². The highest BCUT2D eigenvalue weighted by Gasteiger charge is 2.33. The third kappa shape index (κ3) is 3.01. The summed E-state index contributed by atoms with van der Waals surface area (Å²) in [7, 11) is 0. The predicted octanol–water partition coefficient (Wildman–Crippen LogP) is 2.75. The highest BCUT2D eigenvalue weighted by atomic mass is 15.5. The van der Waals surface area contributed by atoms with E-state index in [9.17, 15) is 0 Å². The van der Waals surface area contributed by atoms with Crippen molar-refractivity contribution in [2.45, 2.75) is 0 Å². The van der Waals surface area contributed by atoms with Crippen molar-refractivity contribution in [3.05, 3.63) is 66.2 Å². The molecule has 4 heteroatoms. The van der Waals surface area contributed by atoms with Crippen LogP contribution in [0.2, 0.25) is 0 Å². The first kappa shape index (κ1) is 13.1. The number of guanidine groups is 1. The molecular weight excluding hydrogens is 272 g/mol. The van der Waals surface area contributed by atoms with Gasteiger partial charge in [0.1, 0.15) is 0 Å². The Kier molecular flexibility index (Phi) is 3.35. The summed E-state index contributed by atoms with van der Waals surface area (Å²) in [5.74, 6) is 1.85. The Balaban J connectivity index is 1.75. The van der Waals surface area contributed by atoms with E-state index in [1.807, 2.05) is 48.5 Å². The first-order chi connectivity index (χ1) is 10.9. The second kappa shape index (κ2) is 5.64. The zero-order valence-corrected chi connectivity index (χ0v) is 12.4. The molecule has 2 aromatic rings. The van der Waals surface area contributed by atoms with Gasteiger partial charge in [-0.2, -0.15) is 4.99 Å². The molecule has 22 heavy (non-hydrogen) atoms. The van der Waals surface area contributed by atoms with E-state index < -0.39 is 0 Å². The second-order valence-corrected chi connectivity index (χ2v) is 5.52. The number of rotatable bonds is 2. The minimum Gasteiger partial charge on any atom is -0.339 e. The molecule has 0 aliphatic carbocycles. The summed E-state index contributed by atoms with van der Waals surface area (Å²) in [6.07, 6.45) is 0. The maximum Gasteiger partial charge on any atom is 0.203 e. The Hall–Kier alpha value is -2.62. The molecule has 2 aromatic carbocycles. The molecule has 0 radical (unpaired) electrons. The molecule has 0 aromatic heterocycles. The van der Waals surface area contributed by atoms with Gasteiger partial charge >= 0.3 is 0 Å². The number of amidine groups is 1. The molecule has 2 aliphatic rings. The summed E-state index contributed by atoms with van der Waals surface area (Å²) in [5.41, 5.74) is 1.98. The van der Waals surface area contributed by atoms with Crippen LogP contribution in [-0.2, 0) is 0 Å². The summed E-state index contributed by atoms with van der Waals surface area (Å²) in [5, 5.41) is 0. The van der Waals surface area contributed by atoms with Crippen molar-refractivity contribution in [3.63, 3.8) is 0 Å². The maximum atomic E-state index is 4.88. The average molecular weight is 290 g/mol. The van der Waals surface area contributed by atoms with Crippen LogP contribution in [-0.4, -0.2) is 47.8 Å². The van der Waals surface area contributed by atoms with Crippen LogP contribution in [0.4, 0.5) is 5.69 Å². The topological polar surface area (TPSA) is 30.7 Å². The van der Waals surface area contributed by atoms with Crippen LogP contribution in [0, 0.1) is 0 Å². The Morgan fingerprint density at radius 1 is 0.727 bits per heavy atom. The third-order valence-electron chi connectivity index (χ3n) is 3.69.